The van der Waals surface area contributed by atoms with Gasteiger partial charge in [-0.2, -0.15) is 5.26 Å². The molecule has 0 spiro atoms. The maximum absolute atomic E-state index is 12.6. The average molecular weight is 519 g/mol. The fourth-order valence-corrected chi connectivity index (χ4v) is 4.20. The third kappa shape index (κ3) is 5.82. The van der Waals surface area contributed by atoms with E-state index in [9.17, 15) is 10.1 Å². The van der Waals surface area contributed by atoms with Crippen molar-refractivity contribution in [3.63, 3.8) is 0 Å². The second-order valence-electron chi connectivity index (χ2n) is 8.97. The number of hydrogen-bond donors (Lipinski definition) is 1. The molecule has 0 saturated heterocycles. The van der Waals surface area contributed by atoms with E-state index in [1.807, 2.05) is 18.2 Å². The standard InChI is InChI=1S/C29H27ClN2O5/c1-17(2)11-12-35-24-10-7-18(14-26(24)34-3)27-22-9-8-21(15-25(22)37-28(32)23(27)16-31)36-29(33)19-5-4-6-20(30)13-19/h4-10,13-15,17,27H,11-12,32H2,1-3H3. The molecule has 0 bridgehead atoms. The van der Waals surface area contributed by atoms with Crippen LogP contribution in [0.25, 0.3) is 0 Å². The maximum atomic E-state index is 12.6. The molecule has 0 aliphatic carbocycles. The minimum absolute atomic E-state index is 0.0189. The van der Waals surface area contributed by atoms with Gasteiger partial charge in [-0.05, 0) is 54.3 Å². The fraction of sp³-hybridized carbons (Fsp3) is 0.241. The highest BCUT2D eigenvalue weighted by atomic mass is 35.5. The smallest absolute Gasteiger partial charge is 0.343 e. The van der Waals surface area contributed by atoms with E-state index < -0.39 is 11.9 Å². The van der Waals surface area contributed by atoms with Crippen molar-refractivity contribution >= 4 is 17.6 Å². The largest absolute Gasteiger partial charge is 0.493 e. The highest BCUT2D eigenvalue weighted by Crippen LogP contribution is 2.45. The molecule has 1 heterocycles. The SMILES string of the molecule is COc1cc(C2C(C#N)=C(N)Oc3cc(OC(=O)c4cccc(Cl)c4)ccc32)ccc1OCCC(C)C. The summed E-state index contributed by atoms with van der Waals surface area (Å²) in [5.41, 5.74) is 8.21. The molecule has 0 amide bonds. The van der Waals surface area contributed by atoms with Crippen LogP contribution in [0.5, 0.6) is 23.0 Å². The highest BCUT2D eigenvalue weighted by molar-refractivity contribution is 6.30. The molecule has 1 aliphatic heterocycles. The first-order chi connectivity index (χ1) is 17.8. The topological polar surface area (TPSA) is 104 Å². The van der Waals surface area contributed by atoms with Crippen molar-refractivity contribution < 1.29 is 23.7 Å². The van der Waals surface area contributed by atoms with Gasteiger partial charge >= 0.3 is 5.97 Å². The molecule has 0 aromatic heterocycles. The van der Waals surface area contributed by atoms with Gasteiger partial charge in [0.25, 0.3) is 0 Å². The molecule has 1 aliphatic rings. The lowest BCUT2D eigenvalue weighted by Gasteiger charge is -2.27. The number of benzene rings is 3. The summed E-state index contributed by atoms with van der Waals surface area (Å²) in [5, 5.41) is 10.3. The summed E-state index contributed by atoms with van der Waals surface area (Å²) < 4.78 is 22.8. The number of fused-ring (bicyclic) bond motifs is 1. The van der Waals surface area contributed by atoms with Crippen LogP contribution in [0.15, 0.2) is 72.1 Å². The quantitative estimate of drug-likeness (QED) is 0.279. The van der Waals surface area contributed by atoms with Gasteiger partial charge in [-0.25, -0.2) is 4.79 Å². The second kappa shape index (κ2) is 11.3. The number of methoxy groups -OCH3 is 1. The third-order valence-electron chi connectivity index (χ3n) is 5.94. The molecule has 37 heavy (non-hydrogen) atoms. The fourth-order valence-electron chi connectivity index (χ4n) is 4.01. The second-order valence-corrected chi connectivity index (χ2v) is 9.40. The van der Waals surface area contributed by atoms with E-state index in [1.54, 1.807) is 43.5 Å². The van der Waals surface area contributed by atoms with Crippen LogP contribution in [0.4, 0.5) is 0 Å². The molecular weight excluding hydrogens is 492 g/mol. The summed E-state index contributed by atoms with van der Waals surface area (Å²) in [5.74, 6) is 1.25. The summed E-state index contributed by atoms with van der Waals surface area (Å²) >= 11 is 5.98. The van der Waals surface area contributed by atoms with Crippen molar-refractivity contribution in [2.45, 2.75) is 26.2 Å². The number of nitrogens with zero attached hydrogens (tertiary/aromatic N) is 1. The van der Waals surface area contributed by atoms with Crippen LogP contribution in [0.3, 0.4) is 0 Å². The van der Waals surface area contributed by atoms with E-state index in [2.05, 4.69) is 19.9 Å². The van der Waals surface area contributed by atoms with Gasteiger partial charge in [-0.1, -0.05) is 43.6 Å². The maximum Gasteiger partial charge on any atom is 0.343 e. The molecule has 1 atom stereocenters. The number of carbonyl (C=O) groups is 1. The lowest BCUT2D eigenvalue weighted by molar-refractivity contribution is 0.0734. The highest BCUT2D eigenvalue weighted by Gasteiger charge is 2.32. The zero-order valence-electron chi connectivity index (χ0n) is 20.8. The van der Waals surface area contributed by atoms with Gasteiger partial charge in [0.15, 0.2) is 11.5 Å². The summed E-state index contributed by atoms with van der Waals surface area (Å²) in [7, 11) is 1.57. The zero-order valence-corrected chi connectivity index (χ0v) is 21.5. The molecule has 0 saturated carbocycles. The minimum atomic E-state index is -0.561. The van der Waals surface area contributed by atoms with Gasteiger partial charge in [-0.15, -0.1) is 0 Å². The normalized spacial score (nSPS) is 14.4. The Labute approximate surface area is 221 Å². The lowest BCUT2D eigenvalue weighted by Crippen LogP contribution is -2.21. The first kappa shape index (κ1) is 25.9. The van der Waals surface area contributed by atoms with Gasteiger partial charge in [0.1, 0.15) is 23.1 Å². The summed E-state index contributed by atoms with van der Waals surface area (Å²) in [4.78, 5) is 12.6. The Morgan fingerprint density at radius 3 is 2.65 bits per heavy atom. The number of esters is 1. The number of allylic oxidation sites excluding steroid dienone is 1. The first-order valence-corrected chi connectivity index (χ1v) is 12.2. The Kier molecular flexibility index (Phi) is 7.90. The molecule has 3 aromatic rings. The van der Waals surface area contributed by atoms with Crippen LogP contribution in [-0.2, 0) is 0 Å². The van der Waals surface area contributed by atoms with Crippen molar-refractivity contribution in [3.05, 3.63) is 93.8 Å². The van der Waals surface area contributed by atoms with Gasteiger partial charge in [-0.3, -0.25) is 0 Å². The monoisotopic (exact) mass is 518 g/mol. The molecular formula is C29H27ClN2O5. The summed E-state index contributed by atoms with van der Waals surface area (Å²) in [6.45, 7) is 4.84. The van der Waals surface area contributed by atoms with Crippen molar-refractivity contribution in [2.24, 2.45) is 11.7 Å². The molecule has 0 fully saturated rings. The van der Waals surface area contributed by atoms with E-state index in [-0.39, 0.29) is 17.2 Å². The van der Waals surface area contributed by atoms with E-state index in [0.717, 1.165) is 12.0 Å². The predicted molar refractivity (Wildman–Crippen MR) is 140 cm³/mol. The number of carbonyl (C=O) groups excluding carboxylic acids is 1. The van der Waals surface area contributed by atoms with Crippen molar-refractivity contribution in [3.8, 4) is 29.1 Å². The Hall–Kier alpha value is -4.15. The van der Waals surface area contributed by atoms with E-state index >= 15 is 0 Å². The van der Waals surface area contributed by atoms with Crippen LogP contribution >= 0.6 is 11.6 Å². The summed E-state index contributed by atoms with van der Waals surface area (Å²) in [6, 6.07) is 19.2. The van der Waals surface area contributed by atoms with E-state index in [0.29, 0.717) is 45.9 Å². The number of ether oxygens (including phenoxy) is 4. The number of rotatable bonds is 8. The van der Waals surface area contributed by atoms with Crippen LogP contribution < -0.4 is 24.7 Å². The van der Waals surface area contributed by atoms with Crippen LogP contribution in [-0.4, -0.2) is 19.7 Å². The van der Waals surface area contributed by atoms with Crippen LogP contribution in [0.1, 0.15) is 47.7 Å². The Bertz CT molecular complexity index is 1390. The van der Waals surface area contributed by atoms with Gasteiger partial charge < -0.3 is 24.7 Å². The Morgan fingerprint density at radius 2 is 1.95 bits per heavy atom. The molecule has 190 valence electrons. The van der Waals surface area contributed by atoms with Gasteiger partial charge in [0.05, 0.1) is 25.2 Å². The first-order valence-electron chi connectivity index (χ1n) is 11.8. The number of hydrogen-bond acceptors (Lipinski definition) is 7. The predicted octanol–water partition coefficient (Wildman–Crippen LogP) is 6.21. The molecule has 3 aromatic carbocycles. The van der Waals surface area contributed by atoms with Crippen LogP contribution in [0.2, 0.25) is 5.02 Å². The Balaban J connectivity index is 1.65. The molecule has 4 rings (SSSR count). The number of nitrogens with two attached hydrogens (primary N) is 1. The van der Waals surface area contributed by atoms with E-state index in [1.165, 1.54) is 6.07 Å². The van der Waals surface area contributed by atoms with Crippen LogP contribution in [0, 0.1) is 17.2 Å². The van der Waals surface area contributed by atoms with Crippen molar-refractivity contribution in [1.82, 2.24) is 0 Å². The number of nitriles is 1. The van der Waals surface area contributed by atoms with Gasteiger partial charge in [0.2, 0.25) is 5.88 Å². The summed E-state index contributed by atoms with van der Waals surface area (Å²) in [6.07, 6.45) is 0.917. The molecule has 7 nitrogen and oxygen atoms in total. The van der Waals surface area contributed by atoms with Crippen molar-refractivity contribution in [1.29, 1.82) is 5.26 Å². The molecule has 2 N–H and O–H groups in total. The minimum Gasteiger partial charge on any atom is -0.493 e. The third-order valence-corrected chi connectivity index (χ3v) is 6.17. The molecule has 1 unspecified atom stereocenters. The average Bonchev–Trinajstić information content (AvgIpc) is 2.87. The van der Waals surface area contributed by atoms with E-state index in [4.69, 9.17) is 36.3 Å². The van der Waals surface area contributed by atoms with Gasteiger partial charge in [0, 0.05) is 16.7 Å². The lowest BCUT2D eigenvalue weighted by atomic mass is 9.83. The molecule has 0 radical (unpaired) electrons. The van der Waals surface area contributed by atoms with Crippen molar-refractivity contribution in [2.75, 3.05) is 13.7 Å². The number of halogens is 1. The zero-order chi connectivity index (χ0) is 26.5. The molecule has 8 heteroatoms. The Morgan fingerprint density at radius 1 is 1.14 bits per heavy atom.